The predicted octanol–water partition coefficient (Wildman–Crippen LogP) is 5.02. The van der Waals surface area contributed by atoms with Crippen molar-refractivity contribution in [2.45, 2.75) is 26.9 Å². The minimum absolute atomic E-state index is 0.178. The van der Waals surface area contributed by atoms with Gasteiger partial charge in [-0.25, -0.2) is 9.69 Å². The number of aliphatic imine (C=N–C) groups is 1. The van der Waals surface area contributed by atoms with E-state index in [1.54, 1.807) is 55.5 Å². The Morgan fingerprint density at radius 2 is 1.79 bits per heavy atom. The van der Waals surface area contributed by atoms with Crippen LogP contribution in [0, 0.1) is 0 Å². The molecule has 0 aliphatic carbocycles. The molecule has 1 saturated heterocycles. The first-order chi connectivity index (χ1) is 13.6. The minimum atomic E-state index is -4.00. The summed E-state index contributed by atoms with van der Waals surface area (Å²) in [5.74, 6) is 1.82. The molecule has 1 aromatic rings. The zero-order valence-corrected chi connectivity index (χ0v) is 17.4. The molecule has 0 radical (unpaired) electrons. The van der Waals surface area contributed by atoms with E-state index in [0.717, 1.165) is 5.57 Å². The lowest BCUT2D eigenvalue weighted by Gasteiger charge is -2.36. The molecule has 1 fully saturated rings. The number of halogens is 3. The molecular weight excluding hydrogens is 387 g/mol. The van der Waals surface area contributed by atoms with E-state index in [4.69, 9.17) is 9.47 Å². The molecule has 6 nitrogen and oxygen atoms in total. The number of nitrogens with zero attached hydrogens (tertiary/aromatic N) is 3. The maximum absolute atomic E-state index is 13.0. The van der Waals surface area contributed by atoms with Crippen LogP contribution in [0.15, 0.2) is 47.1 Å². The highest BCUT2D eigenvalue weighted by Crippen LogP contribution is 2.35. The molecule has 0 aromatic heterocycles. The third-order valence-electron chi connectivity index (χ3n) is 3.79. The number of carbonyl (C=O) groups excluding carboxylic acids is 1. The zero-order chi connectivity index (χ0) is 22.2. The molecule has 0 bridgehead atoms. The summed E-state index contributed by atoms with van der Waals surface area (Å²) in [5, 5.41) is 0. The first kappa shape index (κ1) is 24.1. The van der Waals surface area contributed by atoms with Crippen molar-refractivity contribution in [3.8, 4) is 11.5 Å². The van der Waals surface area contributed by atoms with Crippen molar-refractivity contribution in [1.29, 1.82) is 0 Å². The Hall–Kier alpha value is -2.97. The van der Waals surface area contributed by atoms with E-state index in [1.165, 1.54) is 0 Å². The van der Waals surface area contributed by atoms with Crippen LogP contribution in [0.25, 0.3) is 0 Å². The molecule has 0 N–H and O–H groups in total. The summed E-state index contributed by atoms with van der Waals surface area (Å²) in [6.45, 7) is 4.49. The Morgan fingerprint density at radius 3 is 2.24 bits per heavy atom. The van der Waals surface area contributed by atoms with Gasteiger partial charge in [0, 0.05) is 31.8 Å². The van der Waals surface area contributed by atoms with Gasteiger partial charge in [0.15, 0.2) is 0 Å². The van der Waals surface area contributed by atoms with E-state index in [-0.39, 0.29) is 13.0 Å². The summed E-state index contributed by atoms with van der Waals surface area (Å²) in [7, 11) is 4.83. The summed E-state index contributed by atoms with van der Waals surface area (Å²) in [6, 6.07) is 5.16. The van der Waals surface area contributed by atoms with Gasteiger partial charge < -0.3 is 9.47 Å². The third-order valence-corrected chi connectivity index (χ3v) is 3.79. The lowest BCUT2D eigenvalue weighted by Crippen LogP contribution is -2.52. The number of hydrogen-bond acceptors (Lipinski definition) is 4. The van der Waals surface area contributed by atoms with Gasteiger partial charge in [0.1, 0.15) is 17.3 Å². The van der Waals surface area contributed by atoms with Crippen molar-refractivity contribution in [2.24, 2.45) is 4.99 Å². The maximum atomic E-state index is 13.0. The molecule has 1 aliphatic heterocycles. The van der Waals surface area contributed by atoms with Crippen LogP contribution in [0.3, 0.4) is 0 Å². The van der Waals surface area contributed by atoms with Crippen molar-refractivity contribution < 1.29 is 27.4 Å². The van der Waals surface area contributed by atoms with Crippen molar-refractivity contribution in [3.05, 3.63) is 42.1 Å². The Bertz CT molecular complexity index is 796. The quantitative estimate of drug-likeness (QED) is 0.696. The van der Waals surface area contributed by atoms with Crippen LogP contribution < -0.4 is 14.4 Å². The molecule has 0 spiro atoms. The number of allylic oxidation sites excluding steroid dienone is 2. The maximum Gasteiger partial charge on any atom is 0.386 e. The molecule has 160 valence electrons. The fourth-order valence-electron chi connectivity index (χ4n) is 2.63. The van der Waals surface area contributed by atoms with Gasteiger partial charge in [-0.15, -0.1) is 0 Å². The van der Waals surface area contributed by atoms with E-state index in [0.29, 0.717) is 29.6 Å². The smallest absolute Gasteiger partial charge is 0.386 e. The largest absolute Gasteiger partial charge is 0.497 e. The molecule has 2 rings (SSSR count). The number of alkyl halides is 3. The second-order valence-electron chi connectivity index (χ2n) is 5.91. The first-order valence-corrected chi connectivity index (χ1v) is 8.75. The van der Waals surface area contributed by atoms with E-state index in [9.17, 15) is 18.0 Å². The van der Waals surface area contributed by atoms with Gasteiger partial charge in [-0.2, -0.15) is 13.2 Å². The van der Waals surface area contributed by atoms with Crippen LogP contribution in [0.2, 0.25) is 0 Å². The lowest BCUT2D eigenvalue weighted by molar-refractivity contribution is -0.110. The highest BCUT2D eigenvalue weighted by molar-refractivity contribution is 6.25. The number of amides is 2. The molecule has 1 aliphatic rings. The Kier molecular flexibility index (Phi) is 8.75. The van der Waals surface area contributed by atoms with Crippen molar-refractivity contribution in [2.75, 3.05) is 32.7 Å². The molecule has 0 saturated carbocycles. The number of rotatable bonds is 4. The van der Waals surface area contributed by atoms with Gasteiger partial charge in [-0.3, -0.25) is 9.89 Å². The molecule has 0 unspecified atom stereocenters. The van der Waals surface area contributed by atoms with Crippen LogP contribution >= 0.6 is 0 Å². The van der Waals surface area contributed by atoms with Crippen molar-refractivity contribution in [3.63, 3.8) is 0 Å². The predicted molar refractivity (Wildman–Crippen MR) is 108 cm³/mol. The van der Waals surface area contributed by atoms with Gasteiger partial charge in [0.25, 0.3) is 0 Å². The number of anilines is 1. The average molecular weight is 413 g/mol. The van der Waals surface area contributed by atoms with Gasteiger partial charge >= 0.3 is 12.2 Å². The number of methoxy groups -OCH3 is 2. The Labute approximate surface area is 168 Å². The molecule has 29 heavy (non-hydrogen) atoms. The van der Waals surface area contributed by atoms with Crippen LogP contribution in [-0.4, -0.2) is 50.8 Å². The molecule has 0 atom stereocenters. The number of amidine groups is 1. The number of carbonyl (C=O) groups is 1. The minimum Gasteiger partial charge on any atom is -0.497 e. The molecule has 1 aromatic carbocycles. The van der Waals surface area contributed by atoms with E-state index < -0.39 is 6.18 Å². The normalized spacial score (nSPS) is 17.6. The second kappa shape index (κ2) is 10.5. The summed E-state index contributed by atoms with van der Waals surface area (Å²) in [6.07, 6.45) is 1.57. The first-order valence-electron chi connectivity index (χ1n) is 8.75. The topological polar surface area (TPSA) is 54.4 Å². The molecule has 1 heterocycles. The average Bonchev–Trinajstić information content (AvgIpc) is 2.67. The highest BCUT2D eigenvalue weighted by atomic mass is 19.4. The number of benzene rings is 1. The van der Waals surface area contributed by atoms with Gasteiger partial charge in [0.05, 0.1) is 26.5 Å². The molecule has 2 amide bonds. The van der Waals surface area contributed by atoms with Crippen LogP contribution in [0.4, 0.5) is 23.7 Å². The fourth-order valence-corrected chi connectivity index (χ4v) is 2.63. The van der Waals surface area contributed by atoms with Crippen molar-refractivity contribution in [1.82, 2.24) is 4.90 Å². The fraction of sp³-hybridized carbons (Fsp3) is 0.400. The van der Waals surface area contributed by atoms with Gasteiger partial charge in [-0.05, 0) is 26.0 Å². The number of ether oxygens (including phenoxy) is 2. The summed E-state index contributed by atoms with van der Waals surface area (Å²) in [5.41, 5.74) is 1.59. The zero-order valence-electron chi connectivity index (χ0n) is 17.4. The standard InChI is InChI=1S/C18H23N3O3.C2H3F3/c1-6-10-20-12-13(7-2)17(19-3)21(18(20)22)15-9-8-14(23-4)11-16(15)24-5;1-2(3,4)5/h6-11H,12H2,1-5H3;1H3/b10-6-,13-7-,19-17?;. The van der Waals surface area contributed by atoms with Crippen molar-refractivity contribution >= 4 is 17.6 Å². The Morgan fingerprint density at radius 1 is 1.17 bits per heavy atom. The summed E-state index contributed by atoms with van der Waals surface area (Å²) >= 11 is 0. The monoisotopic (exact) mass is 413 g/mol. The second-order valence-corrected chi connectivity index (χ2v) is 5.91. The summed E-state index contributed by atoms with van der Waals surface area (Å²) in [4.78, 5) is 20.5. The highest BCUT2D eigenvalue weighted by Gasteiger charge is 2.35. The third kappa shape index (κ3) is 6.55. The van der Waals surface area contributed by atoms with Gasteiger partial charge in [0.2, 0.25) is 0 Å². The van der Waals surface area contributed by atoms with Crippen LogP contribution in [-0.2, 0) is 0 Å². The van der Waals surface area contributed by atoms with E-state index >= 15 is 0 Å². The number of hydrogen-bond donors (Lipinski definition) is 0. The molecule has 9 heteroatoms. The van der Waals surface area contributed by atoms with Crippen LogP contribution in [0.1, 0.15) is 20.8 Å². The number of urea groups is 1. The van der Waals surface area contributed by atoms with E-state index in [1.807, 2.05) is 26.0 Å². The molecular formula is C20H26F3N3O3. The SMILES string of the molecule is C/C=C\N1C/C(=C/C)C(=NC)N(c2ccc(OC)cc2OC)C1=O.CC(F)(F)F. The van der Waals surface area contributed by atoms with E-state index in [2.05, 4.69) is 4.99 Å². The summed E-state index contributed by atoms with van der Waals surface area (Å²) < 4.78 is 41.8. The van der Waals surface area contributed by atoms with Gasteiger partial charge in [-0.1, -0.05) is 12.2 Å². The van der Waals surface area contributed by atoms with Crippen LogP contribution in [0.5, 0.6) is 11.5 Å². The lowest BCUT2D eigenvalue weighted by atomic mass is 10.1. The Balaban J connectivity index is 0.000000749.